The molecular formula is C19H19NO5S. The number of esters is 1. The summed E-state index contributed by atoms with van der Waals surface area (Å²) in [6.45, 7) is 2.87. The molecule has 26 heavy (non-hydrogen) atoms. The Morgan fingerprint density at radius 1 is 1.08 bits per heavy atom. The molecule has 2 aromatic carbocycles. The Bertz CT molecular complexity index is 878. The number of anilines is 1. The maximum Gasteiger partial charge on any atom is 0.340 e. The molecule has 0 aliphatic rings. The SMILES string of the molecule is CC(=O)c1cccc(NC(=O)[C@@H](C)OC(=O)c2ccccc2[S@@](C)=O)c1. The third kappa shape index (κ3) is 4.86. The molecule has 7 heteroatoms. The number of ketones is 1. The smallest absolute Gasteiger partial charge is 0.340 e. The van der Waals surface area contributed by atoms with Crippen LogP contribution in [0.2, 0.25) is 0 Å². The van der Waals surface area contributed by atoms with Crippen molar-refractivity contribution in [3.63, 3.8) is 0 Å². The largest absolute Gasteiger partial charge is 0.449 e. The molecule has 0 saturated carbocycles. The van der Waals surface area contributed by atoms with Crippen molar-refractivity contribution < 1.29 is 23.3 Å². The van der Waals surface area contributed by atoms with Crippen LogP contribution in [0.25, 0.3) is 0 Å². The fourth-order valence-electron chi connectivity index (χ4n) is 2.22. The van der Waals surface area contributed by atoms with Crippen molar-refractivity contribution in [2.75, 3.05) is 11.6 Å². The lowest BCUT2D eigenvalue weighted by Crippen LogP contribution is -2.30. The molecule has 0 aliphatic heterocycles. The quantitative estimate of drug-likeness (QED) is 0.621. The molecule has 0 heterocycles. The zero-order valence-electron chi connectivity index (χ0n) is 14.6. The summed E-state index contributed by atoms with van der Waals surface area (Å²) in [4.78, 5) is 36.3. The zero-order valence-corrected chi connectivity index (χ0v) is 15.5. The van der Waals surface area contributed by atoms with Crippen LogP contribution in [0.5, 0.6) is 0 Å². The van der Waals surface area contributed by atoms with Gasteiger partial charge in [0.2, 0.25) is 0 Å². The fourth-order valence-corrected chi connectivity index (χ4v) is 2.95. The van der Waals surface area contributed by atoms with E-state index in [1.54, 1.807) is 42.5 Å². The zero-order chi connectivity index (χ0) is 19.3. The van der Waals surface area contributed by atoms with Crippen LogP contribution in [0.1, 0.15) is 34.6 Å². The first kappa shape index (κ1) is 19.5. The Morgan fingerprint density at radius 2 is 1.77 bits per heavy atom. The van der Waals surface area contributed by atoms with Crippen molar-refractivity contribution in [3.05, 3.63) is 59.7 Å². The number of amides is 1. The van der Waals surface area contributed by atoms with Crippen LogP contribution in [0.15, 0.2) is 53.4 Å². The molecule has 2 atom stereocenters. The van der Waals surface area contributed by atoms with E-state index in [1.165, 1.54) is 26.2 Å². The Labute approximate surface area is 154 Å². The predicted molar refractivity (Wildman–Crippen MR) is 98.7 cm³/mol. The Balaban J connectivity index is 2.07. The molecule has 0 spiro atoms. The van der Waals surface area contributed by atoms with Crippen molar-refractivity contribution in [2.24, 2.45) is 0 Å². The second-order valence-corrected chi connectivity index (χ2v) is 6.97. The first-order valence-corrected chi connectivity index (χ1v) is 9.40. The molecule has 0 saturated heterocycles. The molecule has 0 aromatic heterocycles. The molecule has 0 aliphatic carbocycles. The molecule has 0 bridgehead atoms. The third-order valence-electron chi connectivity index (χ3n) is 3.61. The number of hydrogen-bond donors (Lipinski definition) is 1. The molecule has 1 amide bonds. The number of rotatable bonds is 6. The van der Waals surface area contributed by atoms with Crippen molar-refractivity contribution in [2.45, 2.75) is 24.8 Å². The highest BCUT2D eigenvalue weighted by atomic mass is 32.2. The number of hydrogen-bond acceptors (Lipinski definition) is 5. The van der Waals surface area contributed by atoms with E-state index >= 15 is 0 Å². The fraction of sp³-hybridized carbons (Fsp3) is 0.211. The first-order valence-electron chi connectivity index (χ1n) is 7.85. The van der Waals surface area contributed by atoms with Gasteiger partial charge in [-0.15, -0.1) is 0 Å². The minimum absolute atomic E-state index is 0.121. The average Bonchev–Trinajstić information content (AvgIpc) is 2.61. The van der Waals surface area contributed by atoms with Crippen molar-refractivity contribution >= 4 is 34.1 Å². The molecule has 2 aromatic rings. The minimum Gasteiger partial charge on any atom is -0.449 e. The number of Topliss-reactive ketones (excluding diaryl/α,β-unsaturated/α-hetero) is 1. The van der Waals surface area contributed by atoms with E-state index in [0.29, 0.717) is 16.1 Å². The topological polar surface area (TPSA) is 89.5 Å². The van der Waals surface area contributed by atoms with Gasteiger partial charge in [-0.05, 0) is 38.1 Å². The van der Waals surface area contributed by atoms with Crippen LogP contribution in [0.3, 0.4) is 0 Å². The number of nitrogens with one attached hydrogen (secondary N) is 1. The summed E-state index contributed by atoms with van der Waals surface area (Å²) in [7, 11) is -1.36. The maximum atomic E-state index is 12.3. The van der Waals surface area contributed by atoms with Gasteiger partial charge in [-0.1, -0.05) is 24.3 Å². The lowest BCUT2D eigenvalue weighted by Gasteiger charge is -2.15. The number of benzene rings is 2. The predicted octanol–water partition coefficient (Wildman–Crippen LogP) is 2.81. The monoisotopic (exact) mass is 373 g/mol. The summed E-state index contributed by atoms with van der Waals surface area (Å²) in [6, 6.07) is 12.8. The van der Waals surface area contributed by atoms with Crippen LogP contribution in [-0.4, -0.2) is 34.2 Å². The van der Waals surface area contributed by atoms with Gasteiger partial charge < -0.3 is 10.1 Å². The van der Waals surface area contributed by atoms with Gasteiger partial charge in [0.15, 0.2) is 11.9 Å². The molecule has 136 valence electrons. The molecular weight excluding hydrogens is 354 g/mol. The van der Waals surface area contributed by atoms with E-state index in [-0.39, 0.29) is 11.3 Å². The highest BCUT2D eigenvalue weighted by Gasteiger charge is 2.21. The molecule has 0 radical (unpaired) electrons. The van der Waals surface area contributed by atoms with Crippen molar-refractivity contribution in [3.8, 4) is 0 Å². The van der Waals surface area contributed by atoms with E-state index in [4.69, 9.17) is 4.74 Å². The summed E-state index contributed by atoms with van der Waals surface area (Å²) in [5, 5.41) is 2.60. The van der Waals surface area contributed by atoms with Crippen LogP contribution in [0.4, 0.5) is 5.69 Å². The van der Waals surface area contributed by atoms with Crippen LogP contribution in [-0.2, 0) is 20.3 Å². The maximum absolute atomic E-state index is 12.3. The summed E-state index contributed by atoms with van der Waals surface area (Å²) in [6.07, 6.45) is 0.395. The summed E-state index contributed by atoms with van der Waals surface area (Å²) >= 11 is 0. The molecule has 6 nitrogen and oxygen atoms in total. The summed E-state index contributed by atoms with van der Waals surface area (Å²) in [5.41, 5.74) is 1.05. The van der Waals surface area contributed by atoms with Gasteiger partial charge in [-0.3, -0.25) is 13.8 Å². The highest BCUT2D eigenvalue weighted by Crippen LogP contribution is 2.16. The van der Waals surface area contributed by atoms with E-state index in [2.05, 4.69) is 5.32 Å². The third-order valence-corrected chi connectivity index (χ3v) is 4.58. The summed E-state index contributed by atoms with van der Waals surface area (Å²) in [5.74, 6) is -1.38. The van der Waals surface area contributed by atoms with Crippen LogP contribution >= 0.6 is 0 Å². The Morgan fingerprint density at radius 3 is 2.42 bits per heavy atom. The van der Waals surface area contributed by atoms with Gasteiger partial charge in [0.25, 0.3) is 5.91 Å². The Hall–Kier alpha value is -2.80. The van der Waals surface area contributed by atoms with Crippen molar-refractivity contribution in [1.29, 1.82) is 0 Å². The first-order chi connectivity index (χ1) is 12.3. The number of carbonyl (C=O) groups is 3. The van der Waals surface area contributed by atoms with E-state index < -0.39 is 28.8 Å². The van der Waals surface area contributed by atoms with Gasteiger partial charge in [-0.25, -0.2) is 4.79 Å². The molecule has 0 unspecified atom stereocenters. The summed E-state index contributed by atoms with van der Waals surface area (Å²) < 4.78 is 16.9. The minimum atomic E-state index is -1.36. The van der Waals surface area contributed by atoms with E-state index in [0.717, 1.165) is 0 Å². The van der Waals surface area contributed by atoms with Crippen LogP contribution < -0.4 is 5.32 Å². The van der Waals surface area contributed by atoms with Gasteiger partial charge in [0.05, 0.1) is 21.3 Å². The van der Waals surface area contributed by atoms with Gasteiger partial charge >= 0.3 is 5.97 Å². The Kier molecular flexibility index (Phi) is 6.41. The normalized spacial score (nSPS) is 12.7. The highest BCUT2D eigenvalue weighted by molar-refractivity contribution is 7.84. The second kappa shape index (κ2) is 8.53. The lowest BCUT2D eigenvalue weighted by atomic mass is 10.1. The molecule has 1 N–H and O–H groups in total. The lowest BCUT2D eigenvalue weighted by molar-refractivity contribution is -0.123. The van der Waals surface area contributed by atoms with Gasteiger partial charge in [0.1, 0.15) is 0 Å². The standard InChI is InChI=1S/C19H19NO5S/c1-12(21)14-7-6-8-15(11-14)20-18(22)13(2)25-19(23)16-9-4-5-10-17(16)26(3)24/h4-11,13H,1-3H3,(H,20,22)/t13-,26-/m1/s1. The van der Waals surface area contributed by atoms with E-state index in [1.807, 2.05) is 0 Å². The van der Waals surface area contributed by atoms with E-state index in [9.17, 15) is 18.6 Å². The van der Waals surface area contributed by atoms with Gasteiger partial charge in [-0.2, -0.15) is 0 Å². The average molecular weight is 373 g/mol. The molecule has 2 rings (SSSR count). The second-order valence-electron chi connectivity index (χ2n) is 5.62. The number of carbonyl (C=O) groups excluding carboxylic acids is 3. The van der Waals surface area contributed by atoms with Crippen LogP contribution in [0, 0.1) is 0 Å². The number of ether oxygens (including phenoxy) is 1. The molecule has 0 fully saturated rings. The van der Waals surface area contributed by atoms with Gasteiger partial charge in [0, 0.05) is 17.5 Å². The van der Waals surface area contributed by atoms with Crippen molar-refractivity contribution in [1.82, 2.24) is 0 Å².